The molecule has 1 aromatic heterocycles. The lowest BCUT2D eigenvalue weighted by atomic mass is 10.1. The van der Waals surface area contributed by atoms with E-state index in [-0.39, 0.29) is 12.4 Å². The van der Waals surface area contributed by atoms with E-state index >= 15 is 0 Å². The standard InChI is InChI=1S/C23H17FO4/c1-26-23(25)16(14-27-18-9-7-17(24)8-10-18)12-15-6-11-22-20(13-15)19-4-2-3-5-21(19)28-22/h2-13H,14H2,1H3/b16-12+. The summed E-state index contributed by atoms with van der Waals surface area (Å²) in [5.74, 6) is -0.372. The van der Waals surface area contributed by atoms with E-state index in [1.807, 2.05) is 42.5 Å². The van der Waals surface area contributed by atoms with Crippen LogP contribution in [0.2, 0.25) is 0 Å². The maximum absolute atomic E-state index is 13.0. The van der Waals surface area contributed by atoms with Gasteiger partial charge < -0.3 is 13.9 Å². The molecule has 0 saturated carbocycles. The number of para-hydroxylation sites is 1. The summed E-state index contributed by atoms with van der Waals surface area (Å²) >= 11 is 0. The summed E-state index contributed by atoms with van der Waals surface area (Å²) in [6, 6.07) is 19.1. The minimum absolute atomic E-state index is 0.00246. The number of hydrogen-bond acceptors (Lipinski definition) is 4. The summed E-state index contributed by atoms with van der Waals surface area (Å²) in [5, 5.41) is 1.97. The van der Waals surface area contributed by atoms with E-state index in [1.165, 1.54) is 31.4 Å². The highest BCUT2D eigenvalue weighted by atomic mass is 19.1. The van der Waals surface area contributed by atoms with Gasteiger partial charge in [0.05, 0.1) is 12.7 Å². The second-order valence-corrected chi connectivity index (χ2v) is 6.26. The first kappa shape index (κ1) is 17.8. The summed E-state index contributed by atoms with van der Waals surface area (Å²) in [5.41, 5.74) is 2.76. The largest absolute Gasteiger partial charge is 0.489 e. The van der Waals surface area contributed by atoms with Gasteiger partial charge in [-0.15, -0.1) is 0 Å². The quantitative estimate of drug-likeness (QED) is 0.347. The van der Waals surface area contributed by atoms with E-state index in [4.69, 9.17) is 13.9 Å². The van der Waals surface area contributed by atoms with Gasteiger partial charge in [-0.1, -0.05) is 24.3 Å². The van der Waals surface area contributed by atoms with Gasteiger partial charge in [0.25, 0.3) is 0 Å². The summed E-state index contributed by atoms with van der Waals surface area (Å²) in [4.78, 5) is 12.2. The van der Waals surface area contributed by atoms with E-state index in [2.05, 4.69) is 0 Å². The number of carbonyl (C=O) groups is 1. The van der Waals surface area contributed by atoms with Gasteiger partial charge in [0.15, 0.2) is 0 Å². The van der Waals surface area contributed by atoms with Crippen LogP contribution in [-0.2, 0) is 9.53 Å². The number of esters is 1. The summed E-state index contributed by atoms with van der Waals surface area (Å²) < 4.78 is 29.3. The number of carbonyl (C=O) groups excluding carboxylic acids is 1. The molecule has 4 aromatic rings. The zero-order chi connectivity index (χ0) is 19.5. The lowest BCUT2D eigenvalue weighted by Gasteiger charge is -2.09. The lowest BCUT2D eigenvalue weighted by molar-refractivity contribution is -0.136. The molecule has 4 nitrogen and oxygen atoms in total. The lowest BCUT2D eigenvalue weighted by Crippen LogP contribution is -2.12. The topological polar surface area (TPSA) is 48.7 Å². The maximum Gasteiger partial charge on any atom is 0.337 e. The Labute approximate surface area is 160 Å². The maximum atomic E-state index is 13.0. The molecule has 4 rings (SSSR count). The van der Waals surface area contributed by atoms with Crippen LogP contribution >= 0.6 is 0 Å². The van der Waals surface area contributed by atoms with Crippen LogP contribution in [0.3, 0.4) is 0 Å². The second kappa shape index (κ2) is 7.56. The van der Waals surface area contributed by atoms with Crippen molar-refractivity contribution in [2.45, 2.75) is 0 Å². The van der Waals surface area contributed by atoms with Crippen LogP contribution in [-0.4, -0.2) is 19.7 Å². The highest BCUT2D eigenvalue weighted by molar-refractivity contribution is 6.05. The highest BCUT2D eigenvalue weighted by Crippen LogP contribution is 2.29. The zero-order valence-corrected chi connectivity index (χ0v) is 15.1. The number of benzene rings is 3. The zero-order valence-electron chi connectivity index (χ0n) is 15.1. The minimum Gasteiger partial charge on any atom is -0.489 e. The first-order valence-electron chi connectivity index (χ1n) is 8.72. The fourth-order valence-corrected chi connectivity index (χ4v) is 3.02. The van der Waals surface area contributed by atoms with E-state index in [0.717, 1.165) is 27.5 Å². The Morgan fingerprint density at radius 1 is 1.00 bits per heavy atom. The fourth-order valence-electron chi connectivity index (χ4n) is 3.02. The van der Waals surface area contributed by atoms with Crippen molar-refractivity contribution in [2.24, 2.45) is 0 Å². The molecule has 1 heterocycles. The van der Waals surface area contributed by atoms with Crippen molar-refractivity contribution in [3.8, 4) is 5.75 Å². The molecule has 0 unspecified atom stereocenters. The van der Waals surface area contributed by atoms with Crippen LogP contribution in [0.25, 0.3) is 28.0 Å². The van der Waals surface area contributed by atoms with Gasteiger partial charge >= 0.3 is 5.97 Å². The molecule has 0 saturated heterocycles. The van der Waals surface area contributed by atoms with Crippen molar-refractivity contribution >= 4 is 34.0 Å². The molecule has 140 valence electrons. The van der Waals surface area contributed by atoms with Gasteiger partial charge in [0, 0.05) is 10.8 Å². The smallest absolute Gasteiger partial charge is 0.337 e. The van der Waals surface area contributed by atoms with Crippen molar-refractivity contribution in [3.05, 3.63) is 83.7 Å². The van der Waals surface area contributed by atoms with Gasteiger partial charge in [-0.25, -0.2) is 9.18 Å². The summed E-state index contributed by atoms with van der Waals surface area (Å²) in [7, 11) is 1.32. The van der Waals surface area contributed by atoms with Gasteiger partial charge in [-0.3, -0.25) is 0 Å². The third-order valence-electron chi connectivity index (χ3n) is 4.40. The minimum atomic E-state index is -0.487. The average molecular weight is 376 g/mol. The molecular weight excluding hydrogens is 359 g/mol. The third-order valence-corrected chi connectivity index (χ3v) is 4.40. The van der Waals surface area contributed by atoms with E-state index < -0.39 is 5.97 Å². The molecule has 0 amide bonds. The van der Waals surface area contributed by atoms with Crippen LogP contribution < -0.4 is 4.74 Å². The van der Waals surface area contributed by atoms with Crippen LogP contribution in [0.15, 0.2) is 76.7 Å². The van der Waals surface area contributed by atoms with Gasteiger partial charge in [0.2, 0.25) is 0 Å². The van der Waals surface area contributed by atoms with Crippen LogP contribution in [0.5, 0.6) is 5.75 Å². The van der Waals surface area contributed by atoms with Gasteiger partial charge in [-0.05, 0) is 54.1 Å². The summed E-state index contributed by atoms with van der Waals surface area (Å²) in [6.45, 7) is 0.00246. The van der Waals surface area contributed by atoms with E-state index in [1.54, 1.807) is 6.08 Å². The SMILES string of the molecule is COC(=O)/C(=C/c1ccc2oc3ccccc3c2c1)COc1ccc(F)cc1. The normalized spacial score (nSPS) is 11.7. The Morgan fingerprint density at radius 3 is 2.54 bits per heavy atom. The predicted octanol–water partition coefficient (Wildman–Crippen LogP) is 5.36. The highest BCUT2D eigenvalue weighted by Gasteiger charge is 2.12. The first-order valence-corrected chi connectivity index (χ1v) is 8.72. The molecule has 0 fully saturated rings. The fraction of sp³-hybridized carbons (Fsp3) is 0.0870. The Bertz CT molecular complexity index is 1170. The van der Waals surface area contributed by atoms with Crippen LogP contribution in [0.1, 0.15) is 5.56 Å². The number of halogens is 1. The monoisotopic (exact) mass is 376 g/mol. The molecule has 0 atom stereocenters. The molecule has 5 heteroatoms. The molecule has 0 spiro atoms. The number of hydrogen-bond donors (Lipinski definition) is 0. The molecule has 0 aliphatic heterocycles. The molecule has 0 N–H and O–H groups in total. The number of furan rings is 1. The van der Waals surface area contributed by atoms with Crippen molar-refractivity contribution in [3.63, 3.8) is 0 Å². The molecule has 0 aliphatic rings. The Balaban J connectivity index is 1.66. The molecule has 0 aliphatic carbocycles. The van der Waals surface area contributed by atoms with Crippen molar-refractivity contribution in [1.82, 2.24) is 0 Å². The Kier molecular flexibility index (Phi) is 4.81. The van der Waals surface area contributed by atoms with Crippen molar-refractivity contribution < 1.29 is 23.1 Å². The van der Waals surface area contributed by atoms with Crippen molar-refractivity contribution in [2.75, 3.05) is 13.7 Å². The van der Waals surface area contributed by atoms with E-state index in [9.17, 15) is 9.18 Å². The average Bonchev–Trinajstić information content (AvgIpc) is 3.09. The first-order chi connectivity index (χ1) is 13.6. The molecule has 0 bridgehead atoms. The number of fused-ring (bicyclic) bond motifs is 3. The van der Waals surface area contributed by atoms with Crippen LogP contribution in [0.4, 0.5) is 4.39 Å². The molecule has 28 heavy (non-hydrogen) atoms. The van der Waals surface area contributed by atoms with Gasteiger partial charge in [0.1, 0.15) is 29.3 Å². The Morgan fingerprint density at radius 2 is 1.75 bits per heavy atom. The molecular formula is C23H17FO4. The van der Waals surface area contributed by atoms with Crippen molar-refractivity contribution in [1.29, 1.82) is 0 Å². The Hall–Kier alpha value is -3.60. The number of ether oxygens (including phenoxy) is 2. The van der Waals surface area contributed by atoms with E-state index in [0.29, 0.717) is 11.3 Å². The second-order valence-electron chi connectivity index (χ2n) is 6.26. The molecule has 3 aromatic carbocycles. The number of methoxy groups -OCH3 is 1. The van der Waals surface area contributed by atoms with Crippen LogP contribution in [0, 0.1) is 5.82 Å². The summed E-state index contributed by atoms with van der Waals surface area (Å²) in [6.07, 6.45) is 1.72. The predicted molar refractivity (Wildman–Crippen MR) is 106 cm³/mol. The molecule has 0 radical (unpaired) electrons. The number of rotatable bonds is 5. The van der Waals surface area contributed by atoms with Gasteiger partial charge in [-0.2, -0.15) is 0 Å². The third kappa shape index (κ3) is 3.60.